The van der Waals surface area contributed by atoms with E-state index in [0.717, 1.165) is 24.7 Å². The van der Waals surface area contributed by atoms with Crippen LogP contribution >= 0.6 is 11.6 Å². The highest BCUT2D eigenvalue weighted by atomic mass is 35.5. The predicted octanol–water partition coefficient (Wildman–Crippen LogP) is 1.88. The highest BCUT2D eigenvalue weighted by Crippen LogP contribution is 2.20. The first-order valence-corrected chi connectivity index (χ1v) is 5.35. The maximum Gasteiger partial charge on any atom is 0.0447 e. The van der Waals surface area contributed by atoms with Crippen molar-refractivity contribution in [1.29, 1.82) is 0 Å². The Hall–Kier alpha value is -0.570. The van der Waals surface area contributed by atoms with Gasteiger partial charge < -0.3 is 10.6 Å². The first-order chi connectivity index (χ1) is 6.75. The van der Waals surface area contributed by atoms with Crippen LogP contribution in [-0.4, -0.2) is 19.6 Å². The molecule has 0 aromatic heterocycles. The average molecular weight is 211 g/mol. The summed E-state index contributed by atoms with van der Waals surface area (Å²) in [5.74, 6) is 0. The van der Waals surface area contributed by atoms with Crippen LogP contribution < -0.4 is 10.6 Å². The Kier molecular flexibility index (Phi) is 3.06. The lowest BCUT2D eigenvalue weighted by molar-refractivity contribution is 0.430. The Bertz CT molecular complexity index is 299. The van der Waals surface area contributed by atoms with Gasteiger partial charge in [0.15, 0.2) is 0 Å². The third-order valence-corrected chi connectivity index (χ3v) is 2.73. The van der Waals surface area contributed by atoms with E-state index < -0.39 is 0 Å². The molecule has 1 aromatic rings. The SMILES string of the molecule is Cc1cc(Cl)cc([C@@H]2CNCCN2)c1. The van der Waals surface area contributed by atoms with Crippen molar-refractivity contribution in [3.05, 3.63) is 34.3 Å². The normalized spacial score (nSPS) is 22.3. The zero-order valence-electron chi connectivity index (χ0n) is 8.31. The van der Waals surface area contributed by atoms with E-state index in [9.17, 15) is 0 Å². The van der Waals surface area contributed by atoms with Crippen molar-refractivity contribution < 1.29 is 0 Å². The molecule has 0 unspecified atom stereocenters. The summed E-state index contributed by atoms with van der Waals surface area (Å²) in [6, 6.07) is 6.62. The first kappa shape index (κ1) is 9.97. The number of nitrogens with one attached hydrogen (secondary N) is 2. The van der Waals surface area contributed by atoms with Crippen molar-refractivity contribution in [2.24, 2.45) is 0 Å². The monoisotopic (exact) mass is 210 g/mol. The quantitative estimate of drug-likeness (QED) is 0.740. The second-order valence-electron chi connectivity index (χ2n) is 3.77. The fourth-order valence-electron chi connectivity index (χ4n) is 1.85. The number of aryl methyl sites for hydroxylation is 1. The van der Waals surface area contributed by atoms with Gasteiger partial charge in [-0.2, -0.15) is 0 Å². The molecule has 0 radical (unpaired) electrons. The number of benzene rings is 1. The highest BCUT2D eigenvalue weighted by Gasteiger charge is 2.14. The number of rotatable bonds is 1. The molecular weight excluding hydrogens is 196 g/mol. The van der Waals surface area contributed by atoms with Gasteiger partial charge in [0.05, 0.1) is 0 Å². The molecule has 1 saturated heterocycles. The van der Waals surface area contributed by atoms with E-state index in [0.29, 0.717) is 6.04 Å². The third-order valence-electron chi connectivity index (χ3n) is 2.51. The molecule has 2 rings (SSSR count). The second kappa shape index (κ2) is 4.30. The molecular formula is C11H15ClN2. The standard InChI is InChI=1S/C11H15ClN2/c1-8-4-9(6-10(12)5-8)11-7-13-2-3-14-11/h4-6,11,13-14H,2-3,7H2,1H3/t11-/m0/s1. The van der Waals surface area contributed by atoms with Crippen molar-refractivity contribution >= 4 is 11.6 Å². The molecule has 0 amide bonds. The molecule has 14 heavy (non-hydrogen) atoms. The Morgan fingerprint density at radius 3 is 2.79 bits per heavy atom. The van der Waals surface area contributed by atoms with E-state index in [1.165, 1.54) is 11.1 Å². The maximum absolute atomic E-state index is 6.02. The number of hydrogen-bond donors (Lipinski definition) is 2. The van der Waals surface area contributed by atoms with Gasteiger partial charge in [-0.1, -0.05) is 17.7 Å². The van der Waals surface area contributed by atoms with Crippen LogP contribution in [0.1, 0.15) is 17.2 Å². The molecule has 0 spiro atoms. The highest BCUT2D eigenvalue weighted by molar-refractivity contribution is 6.30. The van der Waals surface area contributed by atoms with Crippen LogP contribution in [0, 0.1) is 6.92 Å². The van der Waals surface area contributed by atoms with Crippen LogP contribution in [0.25, 0.3) is 0 Å². The molecule has 76 valence electrons. The van der Waals surface area contributed by atoms with Gasteiger partial charge in [-0.3, -0.25) is 0 Å². The van der Waals surface area contributed by atoms with Crippen molar-refractivity contribution in [1.82, 2.24) is 10.6 Å². The lowest BCUT2D eigenvalue weighted by atomic mass is 10.0. The topological polar surface area (TPSA) is 24.1 Å². The van der Waals surface area contributed by atoms with Gasteiger partial charge in [0.1, 0.15) is 0 Å². The second-order valence-corrected chi connectivity index (χ2v) is 4.21. The van der Waals surface area contributed by atoms with E-state index >= 15 is 0 Å². The van der Waals surface area contributed by atoms with Crippen LogP contribution in [-0.2, 0) is 0 Å². The summed E-state index contributed by atoms with van der Waals surface area (Å²) in [7, 11) is 0. The minimum absolute atomic E-state index is 0.404. The van der Waals surface area contributed by atoms with E-state index in [1.54, 1.807) is 0 Å². The molecule has 1 aromatic carbocycles. The predicted molar refractivity (Wildman–Crippen MR) is 59.8 cm³/mol. The zero-order chi connectivity index (χ0) is 9.97. The Morgan fingerprint density at radius 1 is 1.29 bits per heavy atom. The lowest BCUT2D eigenvalue weighted by Crippen LogP contribution is -2.42. The largest absolute Gasteiger partial charge is 0.314 e. The minimum Gasteiger partial charge on any atom is -0.314 e. The lowest BCUT2D eigenvalue weighted by Gasteiger charge is -2.25. The van der Waals surface area contributed by atoms with Gasteiger partial charge in [-0.05, 0) is 30.2 Å². The molecule has 1 heterocycles. The minimum atomic E-state index is 0.404. The van der Waals surface area contributed by atoms with Crippen molar-refractivity contribution in [2.75, 3.05) is 19.6 Å². The smallest absolute Gasteiger partial charge is 0.0447 e. The molecule has 2 nitrogen and oxygen atoms in total. The van der Waals surface area contributed by atoms with Gasteiger partial charge in [0.25, 0.3) is 0 Å². The molecule has 1 fully saturated rings. The molecule has 3 heteroatoms. The van der Waals surface area contributed by atoms with Crippen LogP contribution in [0.5, 0.6) is 0 Å². The van der Waals surface area contributed by atoms with Gasteiger partial charge in [-0.15, -0.1) is 0 Å². The average Bonchev–Trinajstić information content (AvgIpc) is 2.18. The summed E-state index contributed by atoms with van der Waals surface area (Å²) >= 11 is 6.02. The number of halogens is 1. The third kappa shape index (κ3) is 2.27. The molecule has 1 atom stereocenters. The summed E-state index contributed by atoms with van der Waals surface area (Å²) in [5.41, 5.74) is 2.50. The summed E-state index contributed by atoms with van der Waals surface area (Å²) in [5, 5.41) is 7.66. The summed E-state index contributed by atoms with van der Waals surface area (Å²) in [6.45, 7) is 5.14. The van der Waals surface area contributed by atoms with Crippen LogP contribution in [0.3, 0.4) is 0 Å². The summed E-state index contributed by atoms with van der Waals surface area (Å²) < 4.78 is 0. The number of hydrogen-bond acceptors (Lipinski definition) is 2. The van der Waals surface area contributed by atoms with E-state index in [4.69, 9.17) is 11.6 Å². The van der Waals surface area contributed by atoms with Gasteiger partial charge >= 0.3 is 0 Å². The van der Waals surface area contributed by atoms with E-state index in [2.05, 4.69) is 23.6 Å². The molecule has 0 bridgehead atoms. The first-order valence-electron chi connectivity index (χ1n) is 4.97. The Morgan fingerprint density at radius 2 is 2.14 bits per heavy atom. The fourth-order valence-corrected chi connectivity index (χ4v) is 2.15. The van der Waals surface area contributed by atoms with Crippen LogP contribution in [0.2, 0.25) is 5.02 Å². The van der Waals surface area contributed by atoms with Gasteiger partial charge in [0.2, 0.25) is 0 Å². The fraction of sp³-hybridized carbons (Fsp3) is 0.455. The molecule has 1 aliphatic rings. The Balaban J connectivity index is 2.21. The molecule has 0 saturated carbocycles. The molecule has 1 aliphatic heterocycles. The number of piperazine rings is 1. The summed E-state index contributed by atoms with van der Waals surface area (Å²) in [4.78, 5) is 0. The van der Waals surface area contributed by atoms with Crippen molar-refractivity contribution in [3.8, 4) is 0 Å². The maximum atomic E-state index is 6.02. The Labute approximate surface area is 89.7 Å². The van der Waals surface area contributed by atoms with E-state index in [1.807, 2.05) is 12.1 Å². The van der Waals surface area contributed by atoms with Gasteiger partial charge in [0, 0.05) is 30.7 Å². The summed E-state index contributed by atoms with van der Waals surface area (Å²) in [6.07, 6.45) is 0. The van der Waals surface area contributed by atoms with Crippen molar-refractivity contribution in [3.63, 3.8) is 0 Å². The molecule has 0 aliphatic carbocycles. The van der Waals surface area contributed by atoms with E-state index in [-0.39, 0.29) is 0 Å². The van der Waals surface area contributed by atoms with Crippen LogP contribution in [0.4, 0.5) is 0 Å². The van der Waals surface area contributed by atoms with Crippen LogP contribution in [0.15, 0.2) is 18.2 Å². The van der Waals surface area contributed by atoms with Crippen molar-refractivity contribution in [2.45, 2.75) is 13.0 Å². The zero-order valence-corrected chi connectivity index (χ0v) is 9.06. The molecule has 2 N–H and O–H groups in total. The van der Waals surface area contributed by atoms with Gasteiger partial charge in [-0.25, -0.2) is 0 Å².